The number of nitrogens with zero attached hydrogens (tertiary/aromatic N) is 1. The van der Waals surface area contributed by atoms with Gasteiger partial charge in [-0.05, 0) is 44.9 Å². The molecule has 0 fully saturated rings. The first-order valence-electron chi connectivity index (χ1n) is 10.3. The number of hydrogen-bond acceptors (Lipinski definition) is 8. The lowest BCUT2D eigenvalue weighted by Crippen LogP contribution is -2.33. The quantitative estimate of drug-likeness (QED) is 0.475. The number of ether oxygens (including phenoxy) is 4. The lowest BCUT2D eigenvalue weighted by molar-refractivity contribution is 0.0525. The van der Waals surface area contributed by atoms with Gasteiger partial charge < -0.3 is 34.5 Å². The molecule has 1 heterocycles. The predicted molar refractivity (Wildman–Crippen MR) is 119 cm³/mol. The molecule has 176 valence electrons. The van der Waals surface area contributed by atoms with E-state index in [0.29, 0.717) is 59.3 Å². The van der Waals surface area contributed by atoms with Crippen LogP contribution in [-0.2, 0) is 18.0 Å². The van der Waals surface area contributed by atoms with Crippen molar-refractivity contribution < 1.29 is 34.0 Å². The summed E-state index contributed by atoms with van der Waals surface area (Å²) >= 11 is 0. The van der Waals surface area contributed by atoms with Gasteiger partial charge in [0, 0.05) is 18.7 Å². The maximum absolute atomic E-state index is 11.7. The summed E-state index contributed by atoms with van der Waals surface area (Å²) < 4.78 is 22.1. The van der Waals surface area contributed by atoms with Crippen molar-refractivity contribution in [3.05, 3.63) is 35.7 Å². The minimum atomic E-state index is -0.542. The third-order valence-corrected chi connectivity index (χ3v) is 4.28. The van der Waals surface area contributed by atoms with E-state index >= 15 is 0 Å². The second-order valence-corrected chi connectivity index (χ2v) is 7.99. The van der Waals surface area contributed by atoms with Crippen molar-refractivity contribution >= 4 is 6.09 Å². The van der Waals surface area contributed by atoms with Crippen LogP contribution >= 0.6 is 0 Å². The molecule has 2 aromatic rings. The van der Waals surface area contributed by atoms with E-state index in [-0.39, 0.29) is 13.2 Å². The normalized spacial score (nSPS) is 11.1. The number of carbonyl (C=O) groups is 1. The molecule has 2 rings (SSSR count). The van der Waals surface area contributed by atoms with Crippen LogP contribution in [-0.4, -0.2) is 54.3 Å². The number of carbonyl (C=O) groups excluding carboxylic acids is 1. The highest BCUT2D eigenvalue weighted by Gasteiger charge is 2.18. The van der Waals surface area contributed by atoms with Crippen molar-refractivity contribution in [2.45, 2.75) is 46.0 Å². The van der Waals surface area contributed by atoms with Gasteiger partial charge in [-0.3, -0.25) is 4.98 Å². The summed E-state index contributed by atoms with van der Waals surface area (Å²) in [5.74, 6) is 1.55. The van der Waals surface area contributed by atoms with E-state index in [9.17, 15) is 15.0 Å². The Bertz CT molecular complexity index is 862. The number of benzene rings is 1. The van der Waals surface area contributed by atoms with Crippen LogP contribution in [0.4, 0.5) is 4.79 Å². The molecule has 3 N–H and O–H groups in total. The molecule has 1 aromatic heterocycles. The zero-order chi connectivity index (χ0) is 23.7. The molecule has 1 aromatic carbocycles. The zero-order valence-corrected chi connectivity index (χ0v) is 19.2. The molecule has 0 aliphatic rings. The highest BCUT2D eigenvalue weighted by atomic mass is 16.6. The Kier molecular flexibility index (Phi) is 9.10. The van der Waals surface area contributed by atoms with Crippen LogP contribution < -0.4 is 19.5 Å². The fraction of sp³-hybridized carbons (Fsp3) is 0.478. The monoisotopic (exact) mass is 448 g/mol. The van der Waals surface area contributed by atoms with Gasteiger partial charge in [-0.25, -0.2) is 4.79 Å². The minimum Gasteiger partial charge on any atom is -0.496 e. The van der Waals surface area contributed by atoms with E-state index in [1.165, 1.54) is 14.2 Å². The molecule has 0 unspecified atom stereocenters. The third kappa shape index (κ3) is 7.28. The first-order chi connectivity index (χ1) is 15.2. The number of pyridine rings is 1. The van der Waals surface area contributed by atoms with Gasteiger partial charge in [0.2, 0.25) is 0 Å². The van der Waals surface area contributed by atoms with E-state index in [2.05, 4.69) is 10.3 Å². The molecule has 0 aliphatic heterocycles. The largest absolute Gasteiger partial charge is 0.496 e. The van der Waals surface area contributed by atoms with Crippen LogP contribution in [0.2, 0.25) is 0 Å². The molecule has 0 aliphatic carbocycles. The highest BCUT2D eigenvalue weighted by Crippen LogP contribution is 2.42. The third-order valence-electron chi connectivity index (χ3n) is 4.28. The first-order valence-corrected chi connectivity index (χ1v) is 10.3. The fourth-order valence-corrected chi connectivity index (χ4v) is 2.98. The number of hydrogen-bond donors (Lipinski definition) is 3. The average Bonchev–Trinajstić information content (AvgIpc) is 2.76. The van der Waals surface area contributed by atoms with Gasteiger partial charge in [-0.15, -0.1) is 0 Å². The van der Waals surface area contributed by atoms with Crippen LogP contribution in [0.15, 0.2) is 24.3 Å². The number of rotatable bonds is 10. The smallest absolute Gasteiger partial charge is 0.407 e. The van der Waals surface area contributed by atoms with Gasteiger partial charge in [0.1, 0.15) is 22.8 Å². The highest BCUT2D eigenvalue weighted by molar-refractivity contribution is 5.78. The molecule has 9 nitrogen and oxygen atoms in total. The maximum Gasteiger partial charge on any atom is 0.407 e. The van der Waals surface area contributed by atoms with Crippen molar-refractivity contribution in [3.8, 4) is 28.4 Å². The summed E-state index contributed by atoms with van der Waals surface area (Å²) in [7, 11) is 3.07. The molecular formula is C23H32N2O7. The van der Waals surface area contributed by atoms with Crippen LogP contribution in [0.1, 0.15) is 38.6 Å². The van der Waals surface area contributed by atoms with Crippen LogP contribution in [0.25, 0.3) is 11.1 Å². The number of methoxy groups -OCH3 is 2. The summed E-state index contributed by atoms with van der Waals surface area (Å²) in [6.07, 6.45) is 0.113. The predicted octanol–water partition coefficient (Wildman–Crippen LogP) is 3.04. The summed E-state index contributed by atoms with van der Waals surface area (Å²) in [4.78, 5) is 15.8. The van der Waals surface area contributed by atoms with E-state index < -0.39 is 11.7 Å². The second-order valence-electron chi connectivity index (χ2n) is 7.99. The molecule has 0 atom stereocenters. The van der Waals surface area contributed by atoms with Crippen molar-refractivity contribution in [1.29, 1.82) is 0 Å². The molecule has 0 bridgehead atoms. The number of aliphatic hydroxyl groups is 2. The first kappa shape index (κ1) is 25.2. The van der Waals surface area contributed by atoms with Crippen molar-refractivity contribution in [2.75, 3.05) is 27.4 Å². The Morgan fingerprint density at radius 1 is 1.00 bits per heavy atom. The van der Waals surface area contributed by atoms with E-state index in [4.69, 9.17) is 18.9 Å². The summed E-state index contributed by atoms with van der Waals surface area (Å²) in [5.41, 5.74) is 1.65. The molecule has 0 radical (unpaired) electrons. The van der Waals surface area contributed by atoms with Gasteiger partial charge in [-0.1, -0.05) is 0 Å². The minimum absolute atomic E-state index is 0.260. The lowest BCUT2D eigenvalue weighted by atomic mass is 10.0. The molecule has 0 saturated heterocycles. The Hall–Kier alpha value is -3.04. The Labute approximate surface area is 188 Å². The Morgan fingerprint density at radius 2 is 1.56 bits per heavy atom. The zero-order valence-electron chi connectivity index (χ0n) is 19.2. The molecule has 1 amide bonds. The summed E-state index contributed by atoms with van der Waals surface area (Å²) in [5, 5.41) is 21.7. The fourth-order valence-electron chi connectivity index (χ4n) is 2.98. The van der Waals surface area contributed by atoms with E-state index in [0.717, 1.165) is 0 Å². The maximum atomic E-state index is 11.7. The van der Waals surface area contributed by atoms with E-state index in [1.807, 2.05) is 0 Å². The Morgan fingerprint density at radius 3 is 2.03 bits per heavy atom. The topological polar surface area (TPSA) is 119 Å². The van der Waals surface area contributed by atoms with Crippen molar-refractivity contribution in [3.63, 3.8) is 0 Å². The molecular weight excluding hydrogens is 416 g/mol. The average molecular weight is 449 g/mol. The SMILES string of the molecule is COc1cc(OCCCNC(=O)OC(C)(C)C)cc(OC)c1-c1cc(CO)nc(CO)c1. The van der Waals surface area contributed by atoms with Crippen molar-refractivity contribution in [1.82, 2.24) is 10.3 Å². The summed E-state index contributed by atoms with van der Waals surface area (Å²) in [6, 6.07) is 6.89. The molecule has 0 saturated carbocycles. The summed E-state index contributed by atoms with van der Waals surface area (Å²) in [6.45, 7) is 5.67. The molecule has 0 spiro atoms. The number of alkyl carbamates (subject to hydrolysis) is 1. The van der Waals surface area contributed by atoms with Crippen LogP contribution in [0, 0.1) is 0 Å². The van der Waals surface area contributed by atoms with Crippen molar-refractivity contribution in [2.24, 2.45) is 0 Å². The lowest BCUT2D eigenvalue weighted by Gasteiger charge is -2.19. The van der Waals surface area contributed by atoms with Gasteiger partial charge >= 0.3 is 6.09 Å². The molecule has 32 heavy (non-hydrogen) atoms. The number of amides is 1. The van der Waals surface area contributed by atoms with Gasteiger partial charge in [0.25, 0.3) is 0 Å². The Balaban J connectivity index is 2.12. The van der Waals surface area contributed by atoms with Crippen LogP contribution in [0.3, 0.4) is 0 Å². The van der Waals surface area contributed by atoms with Gasteiger partial charge in [0.15, 0.2) is 0 Å². The second kappa shape index (κ2) is 11.5. The van der Waals surface area contributed by atoms with Gasteiger partial charge in [-0.2, -0.15) is 0 Å². The molecule has 9 heteroatoms. The number of aliphatic hydroxyl groups excluding tert-OH is 2. The van der Waals surface area contributed by atoms with E-state index in [1.54, 1.807) is 45.0 Å². The van der Waals surface area contributed by atoms with Gasteiger partial charge in [0.05, 0.1) is 51.0 Å². The van der Waals surface area contributed by atoms with Crippen LogP contribution in [0.5, 0.6) is 17.2 Å². The number of aromatic nitrogens is 1. The number of nitrogens with one attached hydrogen (secondary N) is 1. The standard InChI is InChI=1S/C23H32N2O7/c1-23(2,3)32-22(28)24-7-6-8-31-18-11-19(29-4)21(20(12-18)30-5)15-9-16(13-26)25-17(10-15)14-27/h9-12,26-27H,6-8,13-14H2,1-5H3,(H,24,28).